The Balaban J connectivity index is 1.50. The molecule has 2 atom stereocenters. The number of halogens is 5. The number of nitrogens with one attached hydrogen (secondary N) is 2. The summed E-state index contributed by atoms with van der Waals surface area (Å²) in [4.78, 5) is 25.6. The van der Waals surface area contributed by atoms with E-state index in [1.807, 2.05) is 0 Å². The van der Waals surface area contributed by atoms with Crippen molar-refractivity contribution >= 4 is 86.9 Å². The monoisotopic (exact) mass is 541 g/mol. The molecule has 4 rings (SSSR count). The molecular weight excluding hydrogens is 528 g/mol. The molecule has 0 spiro atoms. The molecule has 1 aliphatic rings. The summed E-state index contributed by atoms with van der Waals surface area (Å²) in [6.45, 7) is 0. The van der Waals surface area contributed by atoms with Gasteiger partial charge < -0.3 is 16.4 Å². The molecule has 1 aliphatic carbocycles. The third kappa shape index (κ3) is 5.18. The summed E-state index contributed by atoms with van der Waals surface area (Å²) in [5.41, 5.74) is 8.00. The Morgan fingerprint density at radius 3 is 2.06 bits per heavy atom. The standard InChI is InChI=1S/C23H16Cl5N3O2/c24-12-7-11(8-13(25)9-12)19-20(23(19,27)28)22(33)31-16-5-6-18(26)17(10-16)21(32)30-15-3-1-14(29)2-4-15/h1-10,19-20H,29H2,(H,30,32)(H,31,33)/t19-,20+/m1/s1. The summed E-state index contributed by atoms with van der Waals surface area (Å²) >= 11 is 31.2. The number of rotatable bonds is 5. The average Bonchev–Trinajstić information content (AvgIpc) is 3.32. The van der Waals surface area contributed by atoms with Crippen molar-refractivity contribution in [2.24, 2.45) is 5.92 Å². The second-order valence-electron chi connectivity index (χ2n) is 7.59. The van der Waals surface area contributed by atoms with Crippen molar-refractivity contribution in [3.8, 4) is 0 Å². The molecule has 33 heavy (non-hydrogen) atoms. The lowest BCUT2D eigenvalue weighted by molar-refractivity contribution is -0.117. The molecule has 2 amide bonds. The van der Waals surface area contributed by atoms with Crippen molar-refractivity contribution in [3.05, 3.63) is 86.9 Å². The largest absolute Gasteiger partial charge is 0.399 e. The summed E-state index contributed by atoms with van der Waals surface area (Å²) in [6, 6.07) is 16.2. The van der Waals surface area contributed by atoms with Crippen molar-refractivity contribution in [1.82, 2.24) is 0 Å². The molecule has 3 aromatic carbocycles. The highest BCUT2D eigenvalue weighted by Gasteiger charge is 2.67. The van der Waals surface area contributed by atoms with Gasteiger partial charge in [-0.2, -0.15) is 0 Å². The highest BCUT2D eigenvalue weighted by Crippen LogP contribution is 2.65. The third-order valence-electron chi connectivity index (χ3n) is 5.23. The van der Waals surface area contributed by atoms with Gasteiger partial charge in [-0.3, -0.25) is 9.59 Å². The first-order chi connectivity index (χ1) is 15.6. The molecule has 0 heterocycles. The SMILES string of the molecule is Nc1ccc(NC(=O)c2cc(NC(=O)[C@@H]3[C@@H](c4cc(Cl)cc(Cl)c4)C3(Cl)Cl)ccc2Cl)cc1. The number of hydrogen-bond donors (Lipinski definition) is 3. The summed E-state index contributed by atoms with van der Waals surface area (Å²) in [6.07, 6.45) is 0. The number of carbonyl (C=O) groups is 2. The van der Waals surface area contributed by atoms with Gasteiger partial charge in [0, 0.05) is 33.0 Å². The minimum Gasteiger partial charge on any atom is -0.399 e. The molecule has 3 aromatic rings. The van der Waals surface area contributed by atoms with Crippen molar-refractivity contribution < 1.29 is 9.59 Å². The fraction of sp³-hybridized carbons (Fsp3) is 0.130. The number of hydrogen-bond acceptors (Lipinski definition) is 3. The van der Waals surface area contributed by atoms with E-state index in [1.165, 1.54) is 12.1 Å². The van der Waals surface area contributed by atoms with Gasteiger partial charge in [-0.1, -0.05) is 34.8 Å². The molecule has 0 unspecified atom stereocenters. The number of amides is 2. The van der Waals surface area contributed by atoms with Crippen LogP contribution < -0.4 is 16.4 Å². The normalized spacial score (nSPS) is 18.5. The van der Waals surface area contributed by atoms with Crippen LogP contribution in [-0.2, 0) is 4.79 Å². The molecule has 0 aliphatic heterocycles. The fourth-order valence-corrected chi connectivity index (χ4v) is 5.16. The lowest BCUT2D eigenvalue weighted by atomic mass is 10.1. The second-order valence-corrected chi connectivity index (χ2v) is 10.3. The summed E-state index contributed by atoms with van der Waals surface area (Å²) in [5.74, 6) is -2.08. The van der Waals surface area contributed by atoms with Gasteiger partial charge in [0.05, 0.1) is 16.5 Å². The van der Waals surface area contributed by atoms with Crippen LogP contribution in [0.1, 0.15) is 21.8 Å². The van der Waals surface area contributed by atoms with E-state index >= 15 is 0 Å². The number of anilines is 3. The highest BCUT2D eigenvalue weighted by atomic mass is 35.5. The lowest BCUT2D eigenvalue weighted by Crippen LogP contribution is -2.18. The Kier molecular flexibility index (Phi) is 6.72. The zero-order valence-corrected chi connectivity index (χ0v) is 20.5. The number of nitrogen functional groups attached to an aromatic ring is 1. The molecule has 0 bridgehead atoms. The van der Waals surface area contributed by atoms with E-state index in [-0.39, 0.29) is 10.6 Å². The van der Waals surface area contributed by atoms with Gasteiger partial charge in [-0.05, 0) is 66.2 Å². The third-order valence-corrected chi connectivity index (χ3v) is 6.93. The molecule has 4 N–H and O–H groups in total. The van der Waals surface area contributed by atoms with Crippen LogP contribution in [0.25, 0.3) is 0 Å². The Labute approximate surface area is 215 Å². The van der Waals surface area contributed by atoms with Gasteiger partial charge in [0.25, 0.3) is 5.91 Å². The predicted molar refractivity (Wildman–Crippen MR) is 136 cm³/mol. The van der Waals surface area contributed by atoms with Crippen LogP contribution in [0.3, 0.4) is 0 Å². The van der Waals surface area contributed by atoms with Crippen LogP contribution in [0.15, 0.2) is 60.7 Å². The second kappa shape index (κ2) is 9.24. The van der Waals surface area contributed by atoms with Crippen molar-refractivity contribution in [2.45, 2.75) is 10.3 Å². The number of carbonyl (C=O) groups excluding carboxylic acids is 2. The van der Waals surface area contributed by atoms with Crippen LogP contribution in [0, 0.1) is 5.92 Å². The predicted octanol–water partition coefficient (Wildman–Crippen LogP) is 7.01. The first kappa shape index (κ1) is 24.0. The molecule has 10 heteroatoms. The zero-order chi connectivity index (χ0) is 23.9. The Bertz CT molecular complexity index is 1230. The summed E-state index contributed by atoms with van der Waals surface area (Å²) < 4.78 is -1.32. The van der Waals surface area contributed by atoms with Gasteiger partial charge in [0.1, 0.15) is 4.33 Å². The molecule has 0 radical (unpaired) electrons. The van der Waals surface area contributed by atoms with E-state index < -0.39 is 28.0 Å². The van der Waals surface area contributed by atoms with Crippen LogP contribution in [0.2, 0.25) is 15.1 Å². The first-order valence-corrected chi connectivity index (χ1v) is 11.6. The van der Waals surface area contributed by atoms with Crippen LogP contribution in [0.5, 0.6) is 0 Å². The average molecular weight is 544 g/mol. The molecular formula is C23H16Cl5N3O2. The van der Waals surface area contributed by atoms with Gasteiger partial charge in [-0.15, -0.1) is 23.2 Å². The molecule has 5 nitrogen and oxygen atoms in total. The molecule has 0 aromatic heterocycles. The van der Waals surface area contributed by atoms with Crippen molar-refractivity contribution in [2.75, 3.05) is 16.4 Å². The molecule has 0 saturated heterocycles. The van der Waals surface area contributed by atoms with Gasteiger partial charge in [-0.25, -0.2) is 0 Å². The maximum absolute atomic E-state index is 12.9. The van der Waals surface area contributed by atoms with Crippen LogP contribution in [-0.4, -0.2) is 16.1 Å². The minimum absolute atomic E-state index is 0.184. The zero-order valence-electron chi connectivity index (χ0n) is 16.7. The highest BCUT2D eigenvalue weighted by molar-refractivity contribution is 6.53. The van der Waals surface area contributed by atoms with E-state index in [9.17, 15) is 9.59 Å². The summed E-state index contributed by atoms with van der Waals surface area (Å²) in [7, 11) is 0. The van der Waals surface area contributed by atoms with Crippen LogP contribution >= 0.6 is 58.0 Å². The van der Waals surface area contributed by atoms with E-state index in [1.54, 1.807) is 48.5 Å². The molecule has 1 fully saturated rings. The quantitative estimate of drug-likeness (QED) is 0.239. The maximum atomic E-state index is 12.9. The Hall–Kier alpha value is -2.15. The smallest absolute Gasteiger partial charge is 0.257 e. The lowest BCUT2D eigenvalue weighted by Gasteiger charge is -2.10. The Morgan fingerprint density at radius 1 is 0.818 bits per heavy atom. The van der Waals surface area contributed by atoms with E-state index in [0.717, 1.165) is 0 Å². The summed E-state index contributed by atoms with van der Waals surface area (Å²) in [5, 5.41) is 6.55. The maximum Gasteiger partial charge on any atom is 0.257 e. The van der Waals surface area contributed by atoms with E-state index in [2.05, 4.69) is 10.6 Å². The topological polar surface area (TPSA) is 84.2 Å². The fourth-order valence-electron chi connectivity index (χ4n) is 3.58. The number of nitrogens with two attached hydrogens (primary N) is 1. The van der Waals surface area contributed by atoms with E-state index in [4.69, 9.17) is 63.7 Å². The van der Waals surface area contributed by atoms with Gasteiger partial charge >= 0.3 is 0 Å². The van der Waals surface area contributed by atoms with E-state index in [0.29, 0.717) is 32.7 Å². The van der Waals surface area contributed by atoms with Gasteiger partial charge in [0.15, 0.2) is 0 Å². The van der Waals surface area contributed by atoms with Crippen molar-refractivity contribution in [3.63, 3.8) is 0 Å². The molecule has 1 saturated carbocycles. The minimum atomic E-state index is -1.32. The number of benzene rings is 3. The molecule has 170 valence electrons. The van der Waals surface area contributed by atoms with Gasteiger partial charge in [0.2, 0.25) is 5.91 Å². The Morgan fingerprint density at radius 2 is 1.42 bits per heavy atom. The van der Waals surface area contributed by atoms with Crippen molar-refractivity contribution in [1.29, 1.82) is 0 Å². The first-order valence-electron chi connectivity index (χ1n) is 9.67. The number of alkyl halides is 2. The van der Waals surface area contributed by atoms with Crippen LogP contribution in [0.4, 0.5) is 17.1 Å².